The van der Waals surface area contributed by atoms with E-state index in [0.29, 0.717) is 13.0 Å². The standard InChI is InChI=1S/C21H22FN5O/c22-16-3-1-15(2-4-16)11-18(28)26-9-10-27(13-21(12-26)6-7-21)20-17-5-8-23-19(17)24-14-25-20/h1-5,8,14H,6-7,9-13H2,(H,23,24,25). The van der Waals surface area contributed by atoms with Gasteiger partial charge in [-0.05, 0) is 36.6 Å². The van der Waals surface area contributed by atoms with Crippen LogP contribution in [0.25, 0.3) is 11.0 Å². The van der Waals surface area contributed by atoms with Crippen LogP contribution in [0.2, 0.25) is 0 Å². The highest BCUT2D eigenvalue weighted by atomic mass is 19.1. The summed E-state index contributed by atoms with van der Waals surface area (Å²) in [7, 11) is 0. The average molecular weight is 379 g/mol. The summed E-state index contributed by atoms with van der Waals surface area (Å²) in [6.45, 7) is 3.10. The van der Waals surface area contributed by atoms with Crippen molar-refractivity contribution in [3.8, 4) is 0 Å². The number of halogens is 1. The molecule has 0 atom stereocenters. The molecule has 2 aliphatic rings. The van der Waals surface area contributed by atoms with Crippen LogP contribution in [0.1, 0.15) is 18.4 Å². The minimum absolute atomic E-state index is 0.106. The zero-order valence-electron chi connectivity index (χ0n) is 15.6. The van der Waals surface area contributed by atoms with Crippen molar-refractivity contribution in [1.82, 2.24) is 19.9 Å². The third-order valence-corrected chi connectivity index (χ3v) is 5.90. The van der Waals surface area contributed by atoms with Gasteiger partial charge in [-0.3, -0.25) is 4.79 Å². The number of carbonyl (C=O) groups excluding carboxylic acids is 1. The van der Waals surface area contributed by atoms with E-state index < -0.39 is 0 Å². The minimum atomic E-state index is -0.278. The van der Waals surface area contributed by atoms with Crippen LogP contribution in [-0.4, -0.2) is 51.9 Å². The zero-order chi connectivity index (χ0) is 19.1. The Morgan fingerprint density at radius 1 is 1.11 bits per heavy atom. The summed E-state index contributed by atoms with van der Waals surface area (Å²) >= 11 is 0. The predicted octanol–water partition coefficient (Wildman–Crippen LogP) is 2.77. The normalized spacial score (nSPS) is 18.5. The largest absolute Gasteiger partial charge is 0.354 e. The Labute approximate surface area is 162 Å². The number of hydrogen-bond donors (Lipinski definition) is 1. The number of rotatable bonds is 3. The van der Waals surface area contributed by atoms with E-state index in [9.17, 15) is 9.18 Å². The summed E-state index contributed by atoms with van der Waals surface area (Å²) in [5.74, 6) is 0.763. The molecule has 28 heavy (non-hydrogen) atoms. The third-order valence-electron chi connectivity index (χ3n) is 5.90. The van der Waals surface area contributed by atoms with Crippen LogP contribution < -0.4 is 4.90 Å². The van der Waals surface area contributed by atoms with Crippen LogP contribution in [0.4, 0.5) is 10.2 Å². The highest BCUT2D eigenvalue weighted by molar-refractivity contribution is 5.87. The van der Waals surface area contributed by atoms with Gasteiger partial charge < -0.3 is 14.8 Å². The van der Waals surface area contributed by atoms with Crippen molar-refractivity contribution >= 4 is 22.8 Å². The predicted molar refractivity (Wildman–Crippen MR) is 104 cm³/mol. The maximum absolute atomic E-state index is 13.1. The van der Waals surface area contributed by atoms with Gasteiger partial charge in [-0.15, -0.1) is 0 Å². The van der Waals surface area contributed by atoms with Crippen LogP contribution in [0.5, 0.6) is 0 Å². The van der Waals surface area contributed by atoms with E-state index in [-0.39, 0.29) is 17.1 Å². The summed E-state index contributed by atoms with van der Waals surface area (Å²) in [5.41, 5.74) is 1.84. The lowest BCUT2D eigenvalue weighted by Gasteiger charge is -2.25. The number of carbonyl (C=O) groups is 1. The highest BCUT2D eigenvalue weighted by Crippen LogP contribution is 2.48. The van der Waals surface area contributed by atoms with Crippen LogP contribution in [0.3, 0.4) is 0 Å². The molecule has 1 saturated carbocycles. The van der Waals surface area contributed by atoms with E-state index in [2.05, 4.69) is 19.9 Å². The number of amides is 1. The molecule has 0 bridgehead atoms. The molecule has 6 nitrogen and oxygen atoms in total. The maximum Gasteiger partial charge on any atom is 0.227 e. The molecule has 1 N–H and O–H groups in total. The zero-order valence-corrected chi connectivity index (χ0v) is 15.6. The topological polar surface area (TPSA) is 65.1 Å². The molecule has 1 aliphatic heterocycles. The molecule has 2 fully saturated rings. The van der Waals surface area contributed by atoms with Gasteiger partial charge in [0.15, 0.2) is 0 Å². The van der Waals surface area contributed by atoms with E-state index in [1.807, 2.05) is 17.2 Å². The summed E-state index contributed by atoms with van der Waals surface area (Å²) < 4.78 is 13.1. The highest BCUT2D eigenvalue weighted by Gasteiger charge is 2.47. The number of nitrogens with zero attached hydrogens (tertiary/aromatic N) is 4. The SMILES string of the molecule is O=C(Cc1ccc(F)cc1)N1CCN(c2ncnc3[nH]ccc23)CC2(CC2)C1. The van der Waals surface area contributed by atoms with Crippen molar-refractivity contribution in [2.45, 2.75) is 19.3 Å². The molecular weight excluding hydrogens is 357 g/mol. The van der Waals surface area contributed by atoms with Gasteiger partial charge in [0.2, 0.25) is 5.91 Å². The van der Waals surface area contributed by atoms with Crippen molar-refractivity contribution < 1.29 is 9.18 Å². The van der Waals surface area contributed by atoms with Gasteiger partial charge in [0.25, 0.3) is 0 Å². The molecule has 2 aromatic heterocycles. The lowest BCUT2D eigenvalue weighted by molar-refractivity contribution is -0.130. The fraction of sp³-hybridized carbons (Fsp3) is 0.381. The molecule has 1 aromatic carbocycles. The average Bonchev–Trinajstić information content (AvgIpc) is 3.34. The molecule has 7 heteroatoms. The van der Waals surface area contributed by atoms with E-state index >= 15 is 0 Å². The summed E-state index contributed by atoms with van der Waals surface area (Å²) in [4.78, 5) is 29.2. The molecule has 0 unspecified atom stereocenters. The second-order valence-electron chi connectivity index (χ2n) is 7.98. The van der Waals surface area contributed by atoms with Gasteiger partial charge in [-0.25, -0.2) is 14.4 Å². The number of hydrogen-bond acceptors (Lipinski definition) is 4. The van der Waals surface area contributed by atoms with Gasteiger partial charge in [-0.1, -0.05) is 12.1 Å². The van der Waals surface area contributed by atoms with Crippen molar-refractivity contribution in [2.24, 2.45) is 5.41 Å². The van der Waals surface area contributed by atoms with E-state index in [1.165, 1.54) is 12.1 Å². The van der Waals surface area contributed by atoms with Crippen LogP contribution in [0.15, 0.2) is 42.9 Å². The number of benzene rings is 1. The third kappa shape index (κ3) is 3.21. The van der Waals surface area contributed by atoms with Gasteiger partial charge in [0, 0.05) is 37.8 Å². The lowest BCUT2D eigenvalue weighted by Crippen LogP contribution is -2.37. The summed E-state index contributed by atoms with van der Waals surface area (Å²) in [6.07, 6.45) is 6.05. The second-order valence-corrected chi connectivity index (χ2v) is 7.98. The summed E-state index contributed by atoms with van der Waals surface area (Å²) in [5, 5.41) is 1.02. The Morgan fingerprint density at radius 2 is 1.93 bits per heavy atom. The van der Waals surface area contributed by atoms with Crippen LogP contribution >= 0.6 is 0 Å². The molecule has 1 saturated heterocycles. The maximum atomic E-state index is 13.1. The van der Waals surface area contributed by atoms with Crippen molar-refractivity contribution in [1.29, 1.82) is 0 Å². The summed E-state index contributed by atoms with van der Waals surface area (Å²) in [6, 6.07) is 8.20. The molecule has 1 aliphatic carbocycles. The Kier molecular flexibility index (Phi) is 4.03. The first kappa shape index (κ1) is 17.2. The Balaban J connectivity index is 1.36. The van der Waals surface area contributed by atoms with Gasteiger partial charge in [0.1, 0.15) is 23.6 Å². The smallest absolute Gasteiger partial charge is 0.227 e. The molecule has 5 rings (SSSR count). The number of H-pyrrole nitrogens is 1. The first-order valence-corrected chi connectivity index (χ1v) is 9.67. The first-order valence-electron chi connectivity index (χ1n) is 9.67. The van der Waals surface area contributed by atoms with E-state index in [4.69, 9.17) is 0 Å². The van der Waals surface area contributed by atoms with Crippen LogP contribution in [0, 0.1) is 11.2 Å². The van der Waals surface area contributed by atoms with Crippen molar-refractivity contribution in [3.05, 3.63) is 54.2 Å². The fourth-order valence-corrected chi connectivity index (χ4v) is 4.15. The Morgan fingerprint density at radius 3 is 2.71 bits per heavy atom. The monoisotopic (exact) mass is 379 g/mol. The van der Waals surface area contributed by atoms with Crippen LogP contribution in [-0.2, 0) is 11.2 Å². The number of fused-ring (bicyclic) bond motifs is 1. The Hall–Kier alpha value is -2.96. The fourth-order valence-electron chi connectivity index (χ4n) is 4.15. The van der Waals surface area contributed by atoms with Crippen molar-refractivity contribution in [2.75, 3.05) is 31.1 Å². The lowest BCUT2D eigenvalue weighted by atomic mass is 10.1. The molecular formula is C21H22FN5O. The Bertz CT molecular complexity index is 1010. The number of anilines is 1. The van der Waals surface area contributed by atoms with Gasteiger partial charge in [0.05, 0.1) is 11.8 Å². The van der Waals surface area contributed by atoms with E-state index in [1.54, 1.807) is 18.5 Å². The number of nitrogens with one attached hydrogen (secondary N) is 1. The molecule has 3 aromatic rings. The molecule has 3 heterocycles. The number of aromatic amines is 1. The molecule has 1 amide bonds. The number of aromatic nitrogens is 3. The second kappa shape index (κ2) is 6.58. The quantitative estimate of drug-likeness (QED) is 0.760. The van der Waals surface area contributed by atoms with Gasteiger partial charge in [-0.2, -0.15) is 0 Å². The van der Waals surface area contributed by atoms with Gasteiger partial charge >= 0.3 is 0 Å². The minimum Gasteiger partial charge on any atom is -0.354 e. The first-order chi connectivity index (χ1) is 13.6. The van der Waals surface area contributed by atoms with E-state index in [0.717, 1.165) is 54.9 Å². The molecule has 1 spiro atoms. The molecule has 0 radical (unpaired) electrons. The molecule has 144 valence electrons. The van der Waals surface area contributed by atoms with Crippen molar-refractivity contribution in [3.63, 3.8) is 0 Å².